The van der Waals surface area contributed by atoms with Crippen molar-refractivity contribution in [1.82, 2.24) is 10.0 Å². The maximum Gasteiger partial charge on any atom is 0.251 e. The summed E-state index contributed by atoms with van der Waals surface area (Å²) >= 11 is 1.60. The zero-order valence-electron chi connectivity index (χ0n) is 15.5. The third kappa shape index (κ3) is 5.07. The first-order valence-corrected chi connectivity index (χ1v) is 11.3. The van der Waals surface area contributed by atoms with Gasteiger partial charge in [-0.25, -0.2) is 13.1 Å². The highest BCUT2D eigenvalue weighted by molar-refractivity contribution is 7.89. The van der Waals surface area contributed by atoms with Crippen LogP contribution >= 0.6 is 11.3 Å². The van der Waals surface area contributed by atoms with Gasteiger partial charge in [0.15, 0.2) is 0 Å². The summed E-state index contributed by atoms with van der Waals surface area (Å²) in [5, 5.41) is 5.06. The number of thiophene rings is 1. The van der Waals surface area contributed by atoms with E-state index in [1.54, 1.807) is 18.3 Å². The molecule has 0 saturated heterocycles. The van der Waals surface area contributed by atoms with Crippen molar-refractivity contribution in [2.45, 2.75) is 24.3 Å². The summed E-state index contributed by atoms with van der Waals surface area (Å²) in [6.45, 7) is 2.03. The number of rotatable bonds is 8. The molecule has 5 nitrogen and oxygen atoms in total. The first-order chi connectivity index (χ1) is 13.5. The number of carbonyl (C=O) groups is 1. The minimum absolute atomic E-state index is 0.144. The minimum atomic E-state index is -3.53. The monoisotopic (exact) mass is 414 g/mol. The molecule has 0 aliphatic rings. The molecule has 1 unspecified atom stereocenters. The second-order valence-electron chi connectivity index (χ2n) is 6.26. The van der Waals surface area contributed by atoms with E-state index in [-0.39, 0.29) is 16.8 Å². The van der Waals surface area contributed by atoms with Crippen molar-refractivity contribution in [2.24, 2.45) is 0 Å². The van der Waals surface area contributed by atoms with Crippen LogP contribution in [0.4, 0.5) is 0 Å². The van der Waals surface area contributed by atoms with Crippen molar-refractivity contribution in [2.75, 3.05) is 6.54 Å². The van der Waals surface area contributed by atoms with E-state index < -0.39 is 10.0 Å². The Hall–Kier alpha value is -2.48. The number of carbonyl (C=O) groups excluding carboxylic acids is 1. The molecule has 0 radical (unpaired) electrons. The fraction of sp³-hybridized carbons (Fsp3) is 0.190. The summed E-state index contributed by atoms with van der Waals surface area (Å²) in [4.78, 5) is 14.0. The summed E-state index contributed by atoms with van der Waals surface area (Å²) in [6.07, 6.45) is 0.681. The van der Waals surface area contributed by atoms with E-state index in [2.05, 4.69) is 10.0 Å². The molecule has 2 N–H and O–H groups in total. The largest absolute Gasteiger partial charge is 0.344 e. The normalized spacial score (nSPS) is 12.5. The van der Waals surface area contributed by atoms with Gasteiger partial charge in [0, 0.05) is 17.0 Å². The van der Waals surface area contributed by atoms with Crippen LogP contribution in [0.5, 0.6) is 0 Å². The summed E-state index contributed by atoms with van der Waals surface area (Å²) in [7, 11) is -3.53. The average molecular weight is 415 g/mol. The van der Waals surface area contributed by atoms with Gasteiger partial charge in [-0.1, -0.05) is 43.3 Å². The number of hydrogen-bond donors (Lipinski definition) is 2. The molecule has 1 heterocycles. The van der Waals surface area contributed by atoms with E-state index in [1.165, 1.54) is 24.3 Å². The maximum atomic E-state index is 12.8. The Morgan fingerprint density at radius 2 is 1.71 bits per heavy atom. The van der Waals surface area contributed by atoms with Gasteiger partial charge in [0.05, 0.1) is 10.9 Å². The molecule has 1 atom stereocenters. The van der Waals surface area contributed by atoms with Gasteiger partial charge in [-0.05, 0) is 47.7 Å². The van der Waals surface area contributed by atoms with Crippen molar-refractivity contribution >= 4 is 27.3 Å². The third-order valence-electron chi connectivity index (χ3n) is 4.24. The summed E-state index contributed by atoms with van der Waals surface area (Å²) in [5.74, 6) is -0.235. The number of hydrogen-bond acceptors (Lipinski definition) is 4. The minimum Gasteiger partial charge on any atom is -0.344 e. The van der Waals surface area contributed by atoms with Crippen LogP contribution in [-0.2, 0) is 16.4 Å². The fourth-order valence-electron chi connectivity index (χ4n) is 2.86. The van der Waals surface area contributed by atoms with Gasteiger partial charge >= 0.3 is 0 Å². The van der Waals surface area contributed by atoms with Crippen LogP contribution in [0.15, 0.2) is 77.0 Å². The molecule has 0 saturated carbocycles. The average Bonchev–Trinajstić information content (AvgIpc) is 3.23. The second-order valence-corrected chi connectivity index (χ2v) is 9.00. The van der Waals surface area contributed by atoms with E-state index in [0.717, 1.165) is 10.4 Å². The van der Waals surface area contributed by atoms with Crippen LogP contribution in [-0.4, -0.2) is 20.9 Å². The highest BCUT2D eigenvalue weighted by Crippen LogP contribution is 2.23. The molecule has 28 heavy (non-hydrogen) atoms. The van der Waals surface area contributed by atoms with Crippen LogP contribution in [0, 0.1) is 0 Å². The van der Waals surface area contributed by atoms with Gasteiger partial charge in [0.2, 0.25) is 10.0 Å². The molecule has 0 fully saturated rings. The van der Waals surface area contributed by atoms with E-state index in [9.17, 15) is 13.2 Å². The predicted octanol–water partition coefficient (Wildman–Crippen LogP) is 3.76. The maximum absolute atomic E-state index is 12.8. The Morgan fingerprint density at radius 1 is 1.00 bits per heavy atom. The summed E-state index contributed by atoms with van der Waals surface area (Å²) in [5.41, 5.74) is 1.55. The van der Waals surface area contributed by atoms with Gasteiger partial charge in [-0.3, -0.25) is 4.79 Å². The second kappa shape index (κ2) is 9.14. The molecule has 2 aromatic carbocycles. The van der Waals surface area contributed by atoms with Gasteiger partial charge in [0.25, 0.3) is 5.91 Å². The number of benzene rings is 2. The van der Waals surface area contributed by atoms with E-state index in [0.29, 0.717) is 18.5 Å². The first-order valence-electron chi connectivity index (χ1n) is 8.97. The Morgan fingerprint density at radius 3 is 2.32 bits per heavy atom. The quantitative estimate of drug-likeness (QED) is 0.589. The van der Waals surface area contributed by atoms with E-state index >= 15 is 0 Å². The molecule has 146 valence electrons. The molecule has 0 aliphatic heterocycles. The van der Waals surface area contributed by atoms with Crippen molar-refractivity contribution in [3.05, 3.63) is 88.1 Å². The highest BCUT2D eigenvalue weighted by Gasteiger charge is 2.18. The molecular formula is C21H22N2O3S2. The Labute approximate surface area is 169 Å². The summed E-state index contributed by atoms with van der Waals surface area (Å²) < 4.78 is 26.5. The van der Waals surface area contributed by atoms with Gasteiger partial charge in [-0.15, -0.1) is 11.3 Å². The number of amides is 1. The fourth-order valence-corrected chi connectivity index (χ4v) is 4.68. The van der Waals surface area contributed by atoms with Gasteiger partial charge in [0.1, 0.15) is 0 Å². The van der Waals surface area contributed by atoms with Crippen molar-refractivity contribution in [3.63, 3.8) is 0 Å². The topological polar surface area (TPSA) is 75.3 Å². The molecule has 3 rings (SSSR count). The Bertz CT molecular complexity index is 1000. The van der Waals surface area contributed by atoms with E-state index in [1.807, 2.05) is 47.8 Å². The Kier molecular flexibility index (Phi) is 6.61. The molecule has 1 aromatic heterocycles. The van der Waals surface area contributed by atoms with Crippen molar-refractivity contribution in [3.8, 4) is 0 Å². The molecule has 3 aromatic rings. The zero-order chi connectivity index (χ0) is 20.0. The number of sulfonamides is 1. The van der Waals surface area contributed by atoms with Crippen LogP contribution in [0.2, 0.25) is 0 Å². The SMILES string of the molecule is CCNS(=O)(=O)c1ccc(C(=O)NC(Cc2ccccc2)c2cccs2)cc1. The first kappa shape index (κ1) is 20.3. The van der Waals surface area contributed by atoms with Gasteiger partial charge in [-0.2, -0.15) is 0 Å². The van der Waals surface area contributed by atoms with E-state index in [4.69, 9.17) is 0 Å². The molecule has 0 bridgehead atoms. The lowest BCUT2D eigenvalue weighted by Crippen LogP contribution is -2.29. The van der Waals surface area contributed by atoms with Crippen LogP contribution in [0.3, 0.4) is 0 Å². The van der Waals surface area contributed by atoms with Crippen molar-refractivity contribution in [1.29, 1.82) is 0 Å². The molecular weight excluding hydrogens is 392 g/mol. The lowest BCUT2D eigenvalue weighted by atomic mass is 10.0. The standard InChI is InChI=1S/C21H22N2O3S2/c1-2-22-28(25,26)18-12-10-17(11-13-18)21(24)23-19(20-9-6-14-27-20)15-16-7-4-3-5-8-16/h3-14,19,22H,2,15H2,1H3,(H,23,24). The zero-order valence-corrected chi connectivity index (χ0v) is 17.1. The predicted molar refractivity (Wildman–Crippen MR) is 112 cm³/mol. The van der Waals surface area contributed by atoms with Gasteiger partial charge < -0.3 is 5.32 Å². The van der Waals surface area contributed by atoms with Crippen LogP contribution in [0.1, 0.15) is 33.8 Å². The number of nitrogens with one attached hydrogen (secondary N) is 2. The molecule has 1 amide bonds. The molecule has 0 aliphatic carbocycles. The van der Waals surface area contributed by atoms with Crippen molar-refractivity contribution < 1.29 is 13.2 Å². The van der Waals surface area contributed by atoms with Crippen LogP contribution < -0.4 is 10.0 Å². The smallest absolute Gasteiger partial charge is 0.251 e. The summed E-state index contributed by atoms with van der Waals surface area (Å²) in [6, 6.07) is 19.8. The lowest BCUT2D eigenvalue weighted by molar-refractivity contribution is 0.0937. The molecule has 7 heteroatoms. The molecule has 0 spiro atoms. The third-order valence-corrected chi connectivity index (χ3v) is 6.78. The lowest BCUT2D eigenvalue weighted by Gasteiger charge is -2.18. The Balaban J connectivity index is 1.76. The van der Waals surface area contributed by atoms with Crippen LogP contribution in [0.25, 0.3) is 0 Å². The highest BCUT2D eigenvalue weighted by atomic mass is 32.2.